The maximum Gasteiger partial charge on any atom is 0.488 e. The minimum absolute atomic E-state index is 0.221. The molecule has 0 amide bonds. The van der Waals surface area contributed by atoms with Gasteiger partial charge in [0.25, 0.3) is 0 Å². The standard InChI is InChI=1S/C16H25BFNO2/c1-3-16(4-2)5-7-19(8-6-16)12-13-9-14(17(20)21)11-15(18)10-13/h9-11,20-21H,3-8,12H2,1-2H3. The Morgan fingerprint density at radius 2 is 1.76 bits per heavy atom. The predicted octanol–water partition coefficient (Wildman–Crippen LogP) is 1.91. The minimum Gasteiger partial charge on any atom is -0.423 e. The Bertz CT molecular complexity index is 467. The second-order valence-electron chi connectivity index (χ2n) is 6.25. The van der Waals surface area contributed by atoms with Crippen molar-refractivity contribution in [3.63, 3.8) is 0 Å². The Morgan fingerprint density at radius 1 is 1.14 bits per heavy atom. The zero-order valence-electron chi connectivity index (χ0n) is 13.0. The molecule has 1 heterocycles. The molecule has 1 aliphatic rings. The molecular formula is C16H25BFNO2. The zero-order chi connectivity index (χ0) is 15.5. The molecule has 0 unspecified atom stereocenters. The molecule has 0 saturated carbocycles. The van der Waals surface area contributed by atoms with Gasteiger partial charge in [0.15, 0.2) is 0 Å². The summed E-state index contributed by atoms with van der Waals surface area (Å²) in [6.45, 7) is 7.24. The maximum absolute atomic E-state index is 13.5. The molecule has 0 aromatic heterocycles. The summed E-state index contributed by atoms with van der Waals surface area (Å²) in [6, 6.07) is 4.33. The van der Waals surface area contributed by atoms with E-state index < -0.39 is 12.9 Å². The Labute approximate surface area is 126 Å². The normalized spacial score (nSPS) is 18.7. The zero-order valence-corrected chi connectivity index (χ0v) is 13.0. The summed E-state index contributed by atoms with van der Waals surface area (Å²) in [7, 11) is -1.62. The van der Waals surface area contributed by atoms with Gasteiger partial charge in [-0.15, -0.1) is 0 Å². The Hall–Kier alpha value is -0.905. The molecule has 1 aromatic rings. The first kappa shape index (κ1) is 16.5. The van der Waals surface area contributed by atoms with Crippen LogP contribution in [0.15, 0.2) is 18.2 Å². The van der Waals surface area contributed by atoms with Crippen LogP contribution in [0.4, 0.5) is 4.39 Å². The second-order valence-corrected chi connectivity index (χ2v) is 6.25. The average Bonchev–Trinajstić information content (AvgIpc) is 2.48. The highest BCUT2D eigenvalue weighted by Crippen LogP contribution is 2.38. The lowest BCUT2D eigenvalue weighted by Gasteiger charge is -2.41. The number of hydrogen-bond acceptors (Lipinski definition) is 3. The predicted molar refractivity (Wildman–Crippen MR) is 83.8 cm³/mol. The number of benzene rings is 1. The lowest BCUT2D eigenvalue weighted by molar-refractivity contribution is 0.0908. The van der Waals surface area contributed by atoms with Crippen LogP contribution in [0.2, 0.25) is 0 Å². The van der Waals surface area contributed by atoms with Crippen molar-refractivity contribution in [2.45, 2.75) is 46.1 Å². The fourth-order valence-corrected chi connectivity index (χ4v) is 3.32. The first-order chi connectivity index (χ1) is 9.98. The third-order valence-corrected chi connectivity index (χ3v) is 5.10. The van der Waals surface area contributed by atoms with Gasteiger partial charge in [0.05, 0.1) is 0 Å². The summed E-state index contributed by atoms with van der Waals surface area (Å²) in [5.74, 6) is -0.413. The van der Waals surface area contributed by atoms with Crippen LogP contribution >= 0.6 is 0 Å². The summed E-state index contributed by atoms with van der Waals surface area (Å²) >= 11 is 0. The van der Waals surface area contributed by atoms with Gasteiger partial charge >= 0.3 is 7.12 Å². The Morgan fingerprint density at radius 3 is 2.29 bits per heavy atom. The monoisotopic (exact) mass is 293 g/mol. The van der Waals surface area contributed by atoms with Crippen LogP contribution in [0, 0.1) is 11.2 Å². The molecular weight excluding hydrogens is 268 g/mol. The molecule has 3 nitrogen and oxygen atoms in total. The molecule has 2 N–H and O–H groups in total. The SMILES string of the molecule is CCC1(CC)CCN(Cc2cc(F)cc(B(O)O)c2)CC1. The van der Waals surface area contributed by atoms with E-state index in [0.29, 0.717) is 12.0 Å². The van der Waals surface area contributed by atoms with E-state index in [1.54, 1.807) is 6.07 Å². The third-order valence-electron chi connectivity index (χ3n) is 5.10. The molecule has 0 bridgehead atoms. The molecule has 5 heteroatoms. The first-order valence-corrected chi connectivity index (χ1v) is 7.86. The Balaban J connectivity index is 2.00. The van der Waals surface area contributed by atoms with E-state index in [1.165, 1.54) is 37.8 Å². The van der Waals surface area contributed by atoms with Crippen molar-refractivity contribution in [1.82, 2.24) is 4.90 Å². The third kappa shape index (κ3) is 4.06. The summed E-state index contributed by atoms with van der Waals surface area (Å²) in [6.07, 6.45) is 4.81. The molecule has 1 aromatic carbocycles. The van der Waals surface area contributed by atoms with Gasteiger partial charge < -0.3 is 10.0 Å². The maximum atomic E-state index is 13.5. The molecule has 0 aliphatic carbocycles. The largest absolute Gasteiger partial charge is 0.488 e. The Kier molecular flexibility index (Phi) is 5.41. The summed E-state index contributed by atoms with van der Waals surface area (Å²) in [5, 5.41) is 18.4. The molecule has 21 heavy (non-hydrogen) atoms. The number of nitrogens with zero attached hydrogens (tertiary/aromatic N) is 1. The van der Waals surface area contributed by atoms with Crippen LogP contribution in [-0.2, 0) is 6.54 Å². The van der Waals surface area contributed by atoms with E-state index in [9.17, 15) is 14.4 Å². The summed E-state index contributed by atoms with van der Waals surface area (Å²) in [4.78, 5) is 2.33. The van der Waals surface area contributed by atoms with Crippen LogP contribution in [0.5, 0.6) is 0 Å². The van der Waals surface area contributed by atoms with Crippen molar-refractivity contribution >= 4 is 12.6 Å². The smallest absolute Gasteiger partial charge is 0.423 e. The number of halogens is 1. The molecule has 1 aliphatic heterocycles. The number of likely N-dealkylation sites (tertiary alicyclic amines) is 1. The summed E-state index contributed by atoms with van der Waals surface area (Å²) < 4.78 is 13.5. The number of hydrogen-bond donors (Lipinski definition) is 2. The minimum atomic E-state index is -1.62. The fourth-order valence-electron chi connectivity index (χ4n) is 3.32. The van der Waals surface area contributed by atoms with Gasteiger partial charge in [-0.3, -0.25) is 4.90 Å². The highest BCUT2D eigenvalue weighted by atomic mass is 19.1. The van der Waals surface area contributed by atoms with Gasteiger partial charge in [-0.1, -0.05) is 32.8 Å². The van der Waals surface area contributed by atoms with E-state index in [2.05, 4.69) is 18.7 Å². The van der Waals surface area contributed by atoms with Crippen molar-refractivity contribution in [2.75, 3.05) is 13.1 Å². The van der Waals surface area contributed by atoms with Crippen LogP contribution < -0.4 is 5.46 Å². The highest BCUT2D eigenvalue weighted by molar-refractivity contribution is 6.58. The van der Waals surface area contributed by atoms with E-state index >= 15 is 0 Å². The topological polar surface area (TPSA) is 43.7 Å². The van der Waals surface area contributed by atoms with Gasteiger partial charge in [-0.05, 0) is 54.5 Å². The van der Waals surface area contributed by atoms with Crippen LogP contribution in [0.1, 0.15) is 45.1 Å². The second kappa shape index (κ2) is 6.90. The molecule has 0 radical (unpaired) electrons. The van der Waals surface area contributed by atoms with Gasteiger partial charge in [0, 0.05) is 6.54 Å². The van der Waals surface area contributed by atoms with Crippen LogP contribution in [-0.4, -0.2) is 35.2 Å². The van der Waals surface area contributed by atoms with E-state index in [4.69, 9.17) is 0 Å². The summed E-state index contributed by atoms with van der Waals surface area (Å²) in [5.41, 5.74) is 1.50. The van der Waals surface area contributed by atoms with Gasteiger partial charge in [0.2, 0.25) is 0 Å². The van der Waals surface area contributed by atoms with E-state index in [0.717, 1.165) is 18.7 Å². The van der Waals surface area contributed by atoms with Crippen molar-refractivity contribution in [2.24, 2.45) is 5.41 Å². The molecule has 0 spiro atoms. The fraction of sp³-hybridized carbons (Fsp3) is 0.625. The average molecular weight is 293 g/mol. The van der Waals surface area contributed by atoms with Crippen LogP contribution in [0.3, 0.4) is 0 Å². The lowest BCUT2D eigenvalue weighted by Crippen LogP contribution is -2.39. The van der Waals surface area contributed by atoms with Crippen molar-refractivity contribution in [3.8, 4) is 0 Å². The van der Waals surface area contributed by atoms with Crippen molar-refractivity contribution in [3.05, 3.63) is 29.6 Å². The molecule has 1 fully saturated rings. The molecule has 2 rings (SSSR count). The molecule has 1 saturated heterocycles. The van der Waals surface area contributed by atoms with E-state index in [-0.39, 0.29) is 5.46 Å². The quantitative estimate of drug-likeness (QED) is 0.815. The number of piperidine rings is 1. The highest BCUT2D eigenvalue weighted by Gasteiger charge is 2.31. The molecule has 116 valence electrons. The van der Waals surface area contributed by atoms with Gasteiger partial charge in [-0.2, -0.15) is 0 Å². The number of rotatable bonds is 5. The van der Waals surface area contributed by atoms with Gasteiger partial charge in [0.1, 0.15) is 5.82 Å². The van der Waals surface area contributed by atoms with Crippen molar-refractivity contribution in [1.29, 1.82) is 0 Å². The van der Waals surface area contributed by atoms with Gasteiger partial charge in [-0.25, -0.2) is 4.39 Å². The van der Waals surface area contributed by atoms with Crippen LogP contribution in [0.25, 0.3) is 0 Å². The molecule has 0 atom stereocenters. The van der Waals surface area contributed by atoms with E-state index in [1.807, 2.05) is 0 Å². The van der Waals surface area contributed by atoms with Crippen molar-refractivity contribution < 1.29 is 14.4 Å². The first-order valence-electron chi connectivity index (χ1n) is 7.86. The lowest BCUT2D eigenvalue weighted by atomic mass is 9.74.